The number of hydrogen-bond acceptors (Lipinski definition) is 3. The topological polar surface area (TPSA) is 78.3 Å². The Bertz CT molecular complexity index is 771. The third-order valence-electron chi connectivity index (χ3n) is 3.47. The van der Waals surface area contributed by atoms with Crippen LogP contribution in [0.1, 0.15) is 28.4 Å². The largest absolute Gasteiger partial charge is 0.411 e. The number of aryl methyl sites for hydroxylation is 1. The third kappa shape index (κ3) is 3.29. The summed E-state index contributed by atoms with van der Waals surface area (Å²) >= 11 is 0. The zero-order chi connectivity index (χ0) is 17.4. The summed E-state index contributed by atoms with van der Waals surface area (Å²) in [6, 6.07) is 5.94. The number of benzene rings is 2. The Morgan fingerprint density at radius 3 is 2.35 bits per heavy atom. The minimum Gasteiger partial charge on any atom is -0.411 e. The van der Waals surface area contributed by atoms with Gasteiger partial charge in [-0.2, -0.15) is 5.90 Å². The smallest absolute Gasteiger partial charge is 0.270 e. The zero-order valence-electron chi connectivity index (χ0n) is 12.5. The maximum absolute atomic E-state index is 13.6. The van der Waals surface area contributed by atoms with Gasteiger partial charge in [0.15, 0.2) is 5.75 Å². The highest BCUT2D eigenvalue weighted by atomic mass is 19.3. The van der Waals surface area contributed by atoms with E-state index in [1.165, 1.54) is 25.1 Å². The summed E-state index contributed by atoms with van der Waals surface area (Å²) in [5.74, 6) is 0.522. The van der Waals surface area contributed by atoms with E-state index in [2.05, 4.69) is 4.84 Å². The van der Waals surface area contributed by atoms with Gasteiger partial charge in [-0.05, 0) is 30.2 Å². The van der Waals surface area contributed by atoms with Gasteiger partial charge in [-0.15, -0.1) is 0 Å². The van der Waals surface area contributed by atoms with E-state index in [0.717, 1.165) is 12.1 Å². The molecule has 7 heteroatoms. The standard InChI is InChI=1S/C16H15F3N2O2/c1-8-5-11(14(23-21)7-13(8)17)10-4-3-9(16(2,18)19)6-12(10)15(20)22/h3-7H,21H2,1-2H3,(H2,20,22). The lowest BCUT2D eigenvalue weighted by Gasteiger charge is -2.16. The van der Waals surface area contributed by atoms with Gasteiger partial charge in [0.25, 0.3) is 5.92 Å². The zero-order valence-corrected chi connectivity index (χ0v) is 12.5. The second kappa shape index (κ2) is 5.92. The molecular weight excluding hydrogens is 309 g/mol. The maximum Gasteiger partial charge on any atom is 0.270 e. The molecule has 0 aliphatic heterocycles. The molecule has 0 spiro atoms. The van der Waals surface area contributed by atoms with Crippen molar-refractivity contribution in [3.8, 4) is 16.9 Å². The fraction of sp³-hybridized carbons (Fsp3) is 0.188. The highest BCUT2D eigenvalue weighted by molar-refractivity contribution is 6.00. The molecule has 0 aromatic heterocycles. The molecule has 0 bridgehead atoms. The second-order valence-corrected chi connectivity index (χ2v) is 5.23. The Balaban J connectivity index is 2.74. The average Bonchev–Trinajstić information content (AvgIpc) is 2.48. The monoisotopic (exact) mass is 324 g/mol. The number of rotatable bonds is 4. The van der Waals surface area contributed by atoms with E-state index in [4.69, 9.17) is 11.6 Å². The van der Waals surface area contributed by atoms with Crippen LogP contribution in [-0.4, -0.2) is 5.91 Å². The third-order valence-corrected chi connectivity index (χ3v) is 3.47. The van der Waals surface area contributed by atoms with Crippen LogP contribution >= 0.6 is 0 Å². The van der Waals surface area contributed by atoms with Crippen LogP contribution in [0.25, 0.3) is 11.1 Å². The first kappa shape index (κ1) is 16.8. The molecule has 0 atom stereocenters. The highest BCUT2D eigenvalue weighted by Crippen LogP contribution is 2.36. The van der Waals surface area contributed by atoms with Gasteiger partial charge in [0.05, 0.1) is 0 Å². The Kier molecular flexibility index (Phi) is 4.33. The van der Waals surface area contributed by atoms with Gasteiger partial charge in [-0.25, -0.2) is 13.2 Å². The van der Waals surface area contributed by atoms with E-state index in [1.54, 1.807) is 0 Å². The van der Waals surface area contributed by atoms with Gasteiger partial charge in [-0.3, -0.25) is 4.79 Å². The van der Waals surface area contributed by atoms with Crippen LogP contribution in [0.3, 0.4) is 0 Å². The van der Waals surface area contributed by atoms with E-state index in [-0.39, 0.29) is 33.6 Å². The normalized spacial score (nSPS) is 11.4. The first-order chi connectivity index (χ1) is 10.6. The van der Waals surface area contributed by atoms with Crippen LogP contribution in [0.5, 0.6) is 5.75 Å². The van der Waals surface area contributed by atoms with Gasteiger partial charge in [0, 0.05) is 29.7 Å². The quantitative estimate of drug-likeness (QED) is 0.847. The first-order valence-corrected chi connectivity index (χ1v) is 6.64. The summed E-state index contributed by atoms with van der Waals surface area (Å²) in [5, 5.41) is 0. The van der Waals surface area contributed by atoms with Crippen molar-refractivity contribution in [3.63, 3.8) is 0 Å². The number of amides is 1. The van der Waals surface area contributed by atoms with Crippen LogP contribution in [0, 0.1) is 12.7 Å². The number of carbonyl (C=O) groups is 1. The van der Waals surface area contributed by atoms with Crippen molar-refractivity contribution in [2.45, 2.75) is 19.8 Å². The summed E-state index contributed by atoms with van der Waals surface area (Å²) in [6.07, 6.45) is 0. The van der Waals surface area contributed by atoms with Gasteiger partial charge >= 0.3 is 0 Å². The van der Waals surface area contributed by atoms with Crippen molar-refractivity contribution in [2.24, 2.45) is 11.6 Å². The number of nitrogens with two attached hydrogens (primary N) is 2. The summed E-state index contributed by atoms with van der Waals surface area (Å²) in [5.41, 5.74) is 5.60. The van der Waals surface area contributed by atoms with Gasteiger partial charge in [0.1, 0.15) is 5.82 Å². The van der Waals surface area contributed by atoms with Crippen molar-refractivity contribution in [3.05, 3.63) is 52.8 Å². The molecule has 0 heterocycles. The molecule has 0 saturated carbocycles. The predicted molar refractivity (Wildman–Crippen MR) is 79.5 cm³/mol. The molecule has 0 saturated heterocycles. The van der Waals surface area contributed by atoms with Gasteiger partial charge in [-0.1, -0.05) is 12.1 Å². The van der Waals surface area contributed by atoms with E-state index >= 15 is 0 Å². The Labute approximate surface area is 130 Å². The van der Waals surface area contributed by atoms with Crippen molar-refractivity contribution in [2.75, 3.05) is 0 Å². The molecule has 122 valence electrons. The van der Waals surface area contributed by atoms with Crippen molar-refractivity contribution >= 4 is 5.91 Å². The lowest BCUT2D eigenvalue weighted by atomic mass is 9.94. The summed E-state index contributed by atoms with van der Waals surface area (Å²) in [4.78, 5) is 16.3. The molecule has 0 unspecified atom stereocenters. The van der Waals surface area contributed by atoms with E-state index in [1.807, 2.05) is 0 Å². The Morgan fingerprint density at radius 1 is 1.17 bits per heavy atom. The molecule has 0 fully saturated rings. The number of halogens is 3. The van der Waals surface area contributed by atoms with Gasteiger partial charge < -0.3 is 10.6 Å². The van der Waals surface area contributed by atoms with Gasteiger partial charge in [0.2, 0.25) is 5.91 Å². The van der Waals surface area contributed by atoms with E-state index < -0.39 is 17.6 Å². The number of primary amides is 1. The van der Waals surface area contributed by atoms with Crippen LogP contribution in [0.4, 0.5) is 13.2 Å². The van der Waals surface area contributed by atoms with Crippen LogP contribution in [-0.2, 0) is 5.92 Å². The Morgan fingerprint density at radius 2 is 1.83 bits per heavy atom. The molecule has 0 radical (unpaired) electrons. The lowest BCUT2D eigenvalue weighted by molar-refractivity contribution is 0.0174. The lowest BCUT2D eigenvalue weighted by Crippen LogP contribution is -2.16. The predicted octanol–water partition coefficient (Wildman–Crippen LogP) is 3.26. The highest BCUT2D eigenvalue weighted by Gasteiger charge is 2.27. The molecule has 4 N–H and O–H groups in total. The van der Waals surface area contributed by atoms with Crippen LogP contribution in [0.2, 0.25) is 0 Å². The molecular formula is C16H15F3N2O2. The maximum atomic E-state index is 13.6. The number of alkyl halides is 2. The molecule has 2 aromatic carbocycles. The first-order valence-electron chi connectivity index (χ1n) is 6.64. The molecule has 0 aliphatic carbocycles. The minimum atomic E-state index is -3.13. The molecule has 0 aliphatic rings. The fourth-order valence-corrected chi connectivity index (χ4v) is 2.23. The Hall–Kier alpha value is -2.54. The summed E-state index contributed by atoms with van der Waals surface area (Å²) in [6.45, 7) is 2.22. The fourth-order valence-electron chi connectivity index (χ4n) is 2.23. The molecule has 2 aromatic rings. The van der Waals surface area contributed by atoms with E-state index in [0.29, 0.717) is 6.92 Å². The molecule has 2 rings (SSSR count). The van der Waals surface area contributed by atoms with Crippen molar-refractivity contribution < 1.29 is 22.8 Å². The minimum absolute atomic E-state index is 0.0355. The molecule has 1 amide bonds. The molecule has 4 nitrogen and oxygen atoms in total. The second-order valence-electron chi connectivity index (χ2n) is 5.23. The number of carbonyl (C=O) groups excluding carboxylic acids is 1. The average molecular weight is 324 g/mol. The van der Waals surface area contributed by atoms with Crippen LogP contribution < -0.4 is 16.5 Å². The van der Waals surface area contributed by atoms with Crippen molar-refractivity contribution in [1.82, 2.24) is 0 Å². The number of hydrogen-bond donors (Lipinski definition) is 2. The molecule has 23 heavy (non-hydrogen) atoms. The summed E-state index contributed by atoms with van der Waals surface area (Å²) in [7, 11) is 0. The summed E-state index contributed by atoms with van der Waals surface area (Å²) < 4.78 is 40.5. The van der Waals surface area contributed by atoms with Crippen molar-refractivity contribution in [1.29, 1.82) is 0 Å². The SMILES string of the molecule is Cc1cc(-c2ccc(C(C)(F)F)cc2C(N)=O)c(ON)cc1F. The van der Waals surface area contributed by atoms with Crippen LogP contribution in [0.15, 0.2) is 30.3 Å². The van der Waals surface area contributed by atoms with E-state index in [9.17, 15) is 18.0 Å².